The summed E-state index contributed by atoms with van der Waals surface area (Å²) in [6, 6.07) is 19.8. The molecule has 0 radical (unpaired) electrons. The lowest BCUT2D eigenvalue weighted by Crippen LogP contribution is -2.36. The number of benzene rings is 3. The van der Waals surface area contributed by atoms with Gasteiger partial charge in [-0.05, 0) is 38.4 Å². The first-order chi connectivity index (χ1) is 18.4. The summed E-state index contributed by atoms with van der Waals surface area (Å²) in [6.45, 7) is 2.96. The number of hydrogen-bond donors (Lipinski definition) is 0. The fourth-order valence-electron chi connectivity index (χ4n) is 5.04. The van der Waals surface area contributed by atoms with Gasteiger partial charge in [-0.1, -0.05) is 30.3 Å². The predicted octanol–water partition coefficient (Wildman–Crippen LogP) is 5.19. The van der Waals surface area contributed by atoms with E-state index in [1.165, 1.54) is 0 Å². The zero-order valence-electron chi connectivity index (χ0n) is 21.7. The third-order valence-electron chi connectivity index (χ3n) is 7.05. The first-order valence-electron chi connectivity index (χ1n) is 12.7. The van der Waals surface area contributed by atoms with Gasteiger partial charge in [-0.15, -0.1) is 11.3 Å². The number of rotatable bonds is 5. The maximum Gasteiger partial charge on any atom is 0.240 e. The Morgan fingerprint density at radius 3 is 2.42 bits per heavy atom. The number of nitrogens with zero attached hydrogens (tertiary/aromatic N) is 3. The van der Waals surface area contributed by atoms with Crippen LogP contribution in [-0.2, 0) is 9.53 Å². The minimum absolute atomic E-state index is 0.0384. The second-order valence-electron chi connectivity index (χ2n) is 9.89. The first kappa shape index (κ1) is 24.6. The van der Waals surface area contributed by atoms with Crippen LogP contribution in [0, 0.1) is 0 Å². The molecule has 194 valence electrons. The zero-order valence-corrected chi connectivity index (χ0v) is 22.5. The van der Waals surface area contributed by atoms with Crippen molar-refractivity contribution in [3.63, 3.8) is 0 Å². The van der Waals surface area contributed by atoms with Crippen molar-refractivity contribution in [3.05, 3.63) is 70.9 Å². The van der Waals surface area contributed by atoms with Crippen LogP contribution in [0.15, 0.2) is 69.9 Å². The highest BCUT2D eigenvalue weighted by atomic mass is 32.1. The molecular weight excluding hydrogens is 498 g/mol. The van der Waals surface area contributed by atoms with Gasteiger partial charge >= 0.3 is 0 Å². The molecule has 0 aliphatic carbocycles. The van der Waals surface area contributed by atoms with E-state index in [2.05, 4.69) is 29.2 Å². The molecular formula is C30H29N3O4S. The number of amides is 1. The Morgan fingerprint density at radius 2 is 1.66 bits per heavy atom. The van der Waals surface area contributed by atoms with Gasteiger partial charge in [0, 0.05) is 63.2 Å². The Balaban J connectivity index is 1.49. The van der Waals surface area contributed by atoms with Crippen molar-refractivity contribution in [2.24, 2.45) is 0 Å². The molecule has 0 saturated carbocycles. The smallest absolute Gasteiger partial charge is 0.240 e. The second kappa shape index (κ2) is 9.87. The summed E-state index contributed by atoms with van der Waals surface area (Å²) < 4.78 is 14.2. The van der Waals surface area contributed by atoms with Gasteiger partial charge in [-0.3, -0.25) is 9.59 Å². The van der Waals surface area contributed by atoms with E-state index in [0.29, 0.717) is 49.7 Å². The second-order valence-corrected chi connectivity index (χ2v) is 10.9. The SMILES string of the molecule is CN(C)CC(=O)N(C)c1ccc2sc3c(-c4cccc5c(=O)cc(N6CCOCC6)oc45)cccc3c2c1. The third-order valence-corrected chi connectivity index (χ3v) is 8.27. The molecule has 1 saturated heterocycles. The van der Waals surface area contributed by atoms with Crippen LogP contribution < -0.4 is 15.2 Å². The van der Waals surface area contributed by atoms with Crippen LogP contribution in [0.2, 0.25) is 0 Å². The minimum Gasteiger partial charge on any atom is -0.440 e. The van der Waals surface area contributed by atoms with Crippen molar-refractivity contribution in [1.29, 1.82) is 0 Å². The fraction of sp³-hybridized carbons (Fsp3) is 0.267. The molecule has 0 atom stereocenters. The molecule has 1 amide bonds. The molecule has 5 aromatic rings. The number of ether oxygens (including phenoxy) is 1. The van der Waals surface area contributed by atoms with Gasteiger partial charge in [-0.2, -0.15) is 0 Å². The van der Waals surface area contributed by atoms with Crippen molar-refractivity contribution < 1.29 is 13.9 Å². The molecule has 3 heterocycles. The van der Waals surface area contributed by atoms with Crippen molar-refractivity contribution in [3.8, 4) is 11.1 Å². The number of carbonyl (C=O) groups is 1. The van der Waals surface area contributed by atoms with Crippen LogP contribution in [0.3, 0.4) is 0 Å². The molecule has 3 aromatic carbocycles. The minimum atomic E-state index is -0.0480. The van der Waals surface area contributed by atoms with Crippen LogP contribution in [0.5, 0.6) is 0 Å². The lowest BCUT2D eigenvalue weighted by molar-refractivity contribution is -0.118. The third kappa shape index (κ3) is 4.34. The molecule has 0 bridgehead atoms. The lowest BCUT2D eigenvalue weighted by Gasteiger charge is -2.27. The summed E-state index contributed by atoms with van der Waals surface area (Å²) in [5.41, 5.74) is 3.33. The molecule has 7 nitrogen and oxygen atoms in total. The van der Waals surface area contributed by atoms with Gasteiger partial charge in [-0.25, -0.2) is 0 Å². The predicted molar refractivity (Wildman–Crippen MR) is 156 cm³/mol. The maximum absolute atomic E-state index is 13.1. The number of fused-ring (bicyclic) bond motifs is 4. The summed E-state index contributed by atoms with van der Waals surface area (Å²) in [4.78, 5) is 31.4. The van der Waals surface area contributed by atoms with Crippen LogP contribution in [0.4, 0.5) is 11.6 Å². The highest BCUT2D eigenvalue weighted by Crippen LogP contribution is 2.42. The van der Waals surface area contributed by atoms with Crippen molar-refractivity contribution in [2.45, 2.75) is 0 Å². The van der Waals surface area contributed by atoms with E-state index in [1.54, 1.807) is 22.3 Å². The van der Waals surface area contributed by atoms with Gasteiger partial charge in [0.25, 0.3) is 0 Å². The van der Waals surface area contributed by atoms with Crippen LogP contribution in [-0.4, -0.2) is 64.8 Å². The maximum atomic E-state index is 13.1. The van der Waals surface area contributed by atoms with Gasteiger partial charge in [0.2, 0.25) is 5.91 Å². The van der Waals surface area contributed by atoms with E-state index in [-0.39, 0.29) is 11.3 Å². The summed E-state index contributed by atoms with van der Waals surface area (Å²) in [7, 11) is 5.60. The van der Waals surface area contributed by atoms with Crippen LogP contribution in [0.1, 0.15) is 0 Å². The number of para-hydroxylation sites is 1. The molecule has 0 unspecified atom stereocenters. The fourth-order valence-corrected chi connectivity index (χ4v) is 6.26. The molecule has 0 spiro atoms. The Labute approximate surface area is 224 Å². The summed E-state index contributed by atoms with van der Waals surface area (Å²) in [5, 5.41) is 2.78. The zero-order chi connectivity index (χ0) is 26.4. The van der Waals surface area contributed by atoms with E-state index in [1.807, 2.05) is 56.4 Å². The van der Waals surface area contributed by atoms with E-state index in [9.17, 15) is 9.59 Å². The van der Waals surface area contributed by atoms with Crippen molar-refractivity contribution >= 4 is 60.0 Å². The summed E-state index contributed by atoms with van der Waals surface area (Å²) >= 11 is 1.71. The average Bonchev–Trinajstić information content (AvgIpc) is 3.30. The highest BCUT2D eigenvalue weighted by molar-refractivity contribution is 7.26. The average molecular weight is 528 g/mol. The lowest BCUT2D eigenvalue weighted by atomic mass is 10.0. The van der Waals surface area contributed by atoms with E-state index in [4.69, 9.17) is 9.15 Å². The molecule has 1 aliphatic rings. The molecule has 38 heavy (non-hydrogen) atoms. The molecule has 1 fully saturated rings. The quantitative estimate of drug-likeness (QED) is 0.314. The Hall–Kier alpha value is -3.72. The Bertz CT molecular complexity index is 1730. The molecule has 6 rings (SSSR count). The number of anilines is 2. The standard InChI is InChI=1S/C30H29N3O4S/c1-31(2)18-27(35)32(3)19-10-11-26-24(16-19)22-8-5-7-21(30(22)38-26)20-6-4-9-23-25(34)17-28(37-29(20)23)33-12-14-36-15-13-33/h4-11,16-17H,12-15,18H2,1-3H3. The summed E-state index contributed by atoms with van der Waals surface area (Å²) in [5.74, 6) is 0.619. The molecule has 1 aliphatic heterocycles. The van der Waals surface area contributed by atoms with Crippen molar-refractivity contribution in [1.82, 2.24) is 4.90 Å². The van der Waals surface area contributed by atoms with Crippen molar-refractivity contribution in [2.75, 3.05) is 63.8 Å². The topological polar surface area (TPSA) is 66.2 Å². The normalized spacial score (nSPS) is 14.2. The van der Waals surface area contributed by atoms with Gasteiger partial charge in [0.15, 0.2) is 11.3 Å². The highest BCUT2D eigenvalue weighted by Gasteiger charge is 2.20. The molecule has 2 aromatic heterocycles. The van der Waals surface area contributed by atoms with Gasteiger partial charge < -0.3 is 23.9 Å². The van der Waals surface area contributed by atoms with E-state index < -0.39 is 0 Å². The van der Waals surface area contributed by atoms with Gasteiger partial charge in [0.1, 0.15) is 5.58 Å². The van der Waals surface area contributed by atoms with Crippen LogP contribution >= 0.6 is 11.3 Å². The largest absolute Gasteiger partial charge is 0.440 e. The van der Waals surface area contributed by atoms with Crippen LogP contribution in [0.25, 0.3) is 42.3 Å². The Kier molecular flexibility index (Phi) is 6.39. The number of morpholine rings is 1. The van der Waals surface area contributed by atoms with Gasteiger partial charge in [0.05, 0.1) is 25.1 Å². The monoisotopic (exact) mass is 527 g/mol. The molecule has 8 heteroatoms. The number of likely N-dealkylation sites (N-methyl/N-ethyl adjacent to an activating group) is 2. The number of carbonyl (C=O) groups excluding carboxylic acids is 1. The van der Waals surface area contributed by atoms with E-state index >= 15 is 0 Å². The first-order valence-corrected chi connectivity index (χ1v) is 13.5. The summed E-state index contributed by atoms with van der Waals surface area (Å²) in [6.07, 6.45) is 0. The number of hydrogen-bond acceptors (Lipinski definition) is 7. The van der Waals surface area contributed by atoms with E-state index in [0.717, 1.165) is 37.0 Å². The Morgan fingerprint density at radius 1 is 0.921 bits per heavy atom. The number of thiophene rings is 1. The molecule has 0 N–H and O–H groups in total.